The Bertz CT molecular complexity index is 1540. The molecule has 0 radical (unpaired) electrons. The number of nitrogens with zero attached hydrogens (tertiary/aromatic N) is 8. The molecule has 4 heterocycles. The van der Waals surface area contributed by atoms with E-state index in [1.807, 2.05) is 29.6 Å². The van der Waals surface area contributed by atoms with E-state index in [4.69, 9.17) is 10.1 Å². The molecule has 0 saturated carbocycles. The minimum Gasteiger partial charge on any atom is -0.393 e. The van der Waals surface area contributed by atoms with Crippen molar-refractivity contribution in [3.8, 4) is 17.3 Å². The van der Waals surface area contributed by atoms with Crippen LogP contribution in [-0.4, -0.2) is 86.7 Å². The molecule has 11 nitrogen and oxygen atoms in total. The van der Waals surface area contributed by atoms with Gasteiger partial charge in [0.15, 0.2) is 16.9 Å². The van der Waals surface area contributed by atoms with E-state index in [0.29, 0.717) is 59.6 Å². The highest BCUT2D eigenvalue weighted by Gasteiger charge is 2.27. The van der Waals surface area contributed by atoms with Crippen molar-refractivity contribution < 1.29 is 19.4 Å². The number of hydrogen-bond donors (Lipinski definition) is 2. The minimum atomic E-state index is -1.40. The standard InChI is InChI=1S/C26H27FN8O3S/c1-3-35-24(32(2)26-30-22(21(13-28)39-26)16-4-6-17(27)7-5-16)19-12-18(14-29-23(19)31-35)33-8-10-34(11-9-33)25(38)20(37)15-36/h4-7,12,14,20,36-37H,3,8-11,15H2,1-2H3. The number of aromatic nitrogens is 4. The lowest BCUT2D eigenvalue weighted by atomic mass is 10.1. The van der Waals surface area contributed by atoms with Gasteiger partial charge < -0.3 is 24.9 Å². The molecule has 1 unspecified atom stereocenters. The van der Waals surface area contributed by atoms with Crippen LogP contribution in [0.2, 0.25) is 0 Å². The highest BCUT2D eigenvalue weighted by molar-refractivity contribution is 7.16. The van der Waals surface area contributed by atoms with Gasteiger partial charge in [-0.25, -0.2) is 19.0 Å². The molecule has 1 fully saturated rings. The lowest BCUT2D eigenvalue weighted by molar-refractivity contribution is -0.142. The van der Waals surface area contributed by atoms with Crippen molar-refractivity contribution in [2.45, 2.75) is 19.6 Å². The molecule has 0 bridgehead atoms. The number of anilines is 3. The van der Waals surface area contributed by atoms with Gasteiger partial charge in [0.25, 0.3) is 5.91 Å². The Morgan fingerprint density at radius 3 is 2.62 bits per heavy atom. The molecule has 39 heavy (non-hydrogen) atoms. The first-order valence-corrected chi connectivity index (χ1v) is 13.3. The summed E-state index contributed by atoms with van der Waals surface area (Å²) in [6.45, 7) is 3.88. The summed E-state index contributed by atoms with van der Waals surface area (Å²) in [5.41, 5.74) is 2.59. The van der Waals surface area contributed by atoms with E-state index in [1.165, 1.54) is 23.5 Å². The molecule has 1 saturated heterocycles. The van der Waals surface area contributed by atoms with Gasteiger partial charge in [-0.2, -0.15) is 10.4 Å². The number of fused-ring (bicyclic) bond motifs is 1. The fourth-order valence-corrected chi connectivity index (χ4v) is 5.48. The first kappa shape index (κ1) is 26.5. The molecule has 1 atom stereocenters. The molecule has 4 aromatic rings. The first-order chi connectivity index (χ1) is 18.8. The van der Waals surface area contributed by atoms with Gasteiger partial charge in [-0.15, -0.1) is 0 Å². The SMILES string of the molecule is CCn1nc2ncc(N3CCN(C(=O)C(O)CO)CC3)cc2c1N(C)c1nc(-c2ccc(F)cc2)c(C#N)s1. The second-order valence-corrected chi connectivity index (χ2v) is 10.0. The van der Waals surface area contributed by atoms with Crippen LogP contribution in [0.5, 0.6) is 0 Å². The van der Waals surface area contributed by atoms with Crippen LogP contribution in [0.15, 0.2) is 36.5 Å². The Balaban J connectivity index is 1.46. The van der Waals surface area contributed by atoms with E-state index in [-0.39, 0.29) is 5.82 Å². The first-order valence-electron chi connectivity index (χ1n) is 12.4. The summed E-state index contributed by atoms with van der Waals surface area (Å²) in [7, 11) is 1.86. The van der Waals surface area contributed by atoms with Gasteiger partial charge in [0.05, 0.1) is 23.9 Å². The van der Waals surface area contributed by atoms with Crippen molar-refractivity contribution in [1.82, 2.24) is 24.6 Å². The fourth-order valence-electron chi connectivity index (χ4n) is 4.63. The molecular weight excluding hydrogens is 523 g/mol. The number of benzene rings is 1. The van der Waals surface area contributed by atoms with Crippen LogP contribution in [0.25, 0.3) is 22.3 Å². The summed E-state index contributed by atoms with van der Waals surface area (Å²) in [5.74, 6) is -0.0631. The van der Waals surface area contributed by atoms with E-state index >= 15 is 0 Å². The van der Waals surface area contributed by atoms with E-state index in [0.717, 1.165) is 16.9 Å². The number of nitriles is 1. The van der Waals surface area contributed by atoms with E-state index in [9.17, 15) is 19.6 Å². The molecule has 1 aromatic carbocycles. The van der Waals surface area contributed by atoms with Gasteiger partial charge >= 0.3 is 0 Å². The summed E-state index contributed by atoms with van der Waals surface area (Å²) < 4.78 is 15.3. The van der Waals surface area contributed by atoms with Gasteiger partial charge in [-0.3, -0.25) is 4.79 Å². The van der Waals surface area contributed by atoms with Crippen molar-refractivity contribution >= 4 is 44.9 Å². The summed E-state index contributed by atoms with van der Waals surface area (Å²) in [6.07, 6.45) is 0.353. The van der Waals surface area contributed by atoms with Gasteiger partial charge in [0.2, 0.25) is 0 Å². The molecule has 3 aromatic heterocycles. The van der Waals surface area contributed by atoms with Crippen LogP contribution in [0.3, 0.4) is 0 Å². The molecule has 1 aliphatic heterocycles. The third-order valence-corrected chi connectivity index (χ3v) is 7.74. The second-order valence-electron chi connectivity index (χ2n) is 9.07. The smallest absolute Gasteiger partial charge is 0.253 e. The number of rotatable bonds is 7. The summed E-state index contributed by atoms with van der Waals surface area (Å²) in [6, 6.07) is 10.1. The Morgan fingerprint density at radius 2 is 1.97 bits per heavy atom. The van der Waals surface area contributed by atoms with Crippen molar-refractivity contribution in [3.05, 3.63) is 47.2 Å². The molecule has 202 valence electrons. The Kier molecular flexibility index (Phi) is 7.42. The zero-order valence-corrected chi connectivity index (χ0v) is 22.3. The number of aryl methyl sites for hydroxylation is 1. The number of carbonyl (C=O) groups excluding carboxylic acids is 1. The summed E-state index contributed by atoms with van der Waals surface area (Å²) >= 11 is 1.24. The largest absolute Gasteiger partial charge is 0.393 e. The van der Waals surface area contributed by atoms with Crippen molar-refractivity contribution in [2.24, 2.45) is 0 Å². The summed E-state index contributed by atoms with van der Waals surface area (Å²) in [5, 5.41) is 34.6. The average molecular weight is 551 g/mol. The van der Waals surface area contributed by atoms with E-state index < -0.39 is 18.6 Å². The predicted octanol–water partition coefficient (Wildman–Crippen LogP) is 2.36. The van der Waals surface area contributed by atoms with Gasteiger partial charge in [-0.1, -0.05) is 11.3 Å². The number of amides is 1. The van der Waals surface area contributed by atoms with Crippen LogP contribution in [-0.2, 0) is 11.3 Å². The highest BCUT2D eigenvalue weighted by atomic mass is 32.1. The minimum absolute atomic E-state index is 0.359. The fraction of sp³-hybridized carbons (Fsp3) is 0.346. The second kappa shape index (κ2) is 10.9. The zero-order valence-electron chi connectivity index (χ0n) is 21.5. The molecule has 1 amide bonds. The van der Waals surface area contributed by atoms with Crippen LogP contribution in [0.4, 0.5) is 21.0 Å². The maximum Gasteiger partial charge on any atom is 0.253 e. The number of halogens is 1. The van der Waals surface area contributed by atoms with E-state index in [2.05, 4.69) is 21.1 Å². The molecule has 13 heteroatoms. The topological polar surface area (TPSA) is 135 Å². The van der Waals surface area contributed by atoms with Gasteiger partial charge in [0, 0.05) is 45.3 Å². The number of thiazole rings is 1. The predicted molar refractivity (Wildman–Crippen MR) is 145 cm³/mol. The number of aliphatic hydroxyl groups excluding tert-OH is 2. The number of pyridine rings is 1. The number of carbonyl (C=O) groups is 1. The number of aliphatic hydroxyl groups is 2. The third-order valence-electron chi connectivity index (χ3n) is 6.71. The Morgan fingerprint density at radius 1 is 1.26 bits per heavy atom. The zero-order chi connectivity index (χ0) is 27.7. The molecular formula is C26H27FN8O3S. The molecule has 1 aliphatic rings. The monoisotopic (exact) mass is 550 g/mol. The number of piperazine rings is 1. The Hall–Kier alpha value is -4.12. The van der Waals surface area contributed by atoms with Gasteiger partial charge in [0.1, 0.15) is 28.3 Å². The van der Waals surface area contributed by atoms with Crippen molar-refractivity contribution in [3.63, 3.8) is 0 Å². The molecule has 5 rings (SSSR count). The van der Waals surface area contributed by atoms with Crippen LogP contribution < -0.4 is 9.80 Å². The van der Waals surface area contributed by atoms with Crippen LogP contribution in [0, 0.1) is 17.1 Å². The third kappa shape index (κ3) is 5.01. The van der Waals surface area contributed by atoms with E-state index in [1.54, 1.807) is 23.2 Å². The number of hydrogen-bond acceptors (Lipinski definition) is 10. The van der Waals surface area contributed by atoms with Gasteiger partial charge in [-0.05, 0) is 37.3 Å². The Labute approximate surface area is 228 Å². The molecule has 0 aliphatic carbocycles. The normalized spacial score (nSPS) is 14.5. The maximum atomic E-state index is 13.5. The van der Waals surface area contributed by atoms with Crippen molar-refractivity contribution in [2.75, 3.05) is 49.6 Å². The molecule has 2 N–H and O–H groups in total. The maximum absolute atomic E-state index is 13.5. The summed E-state index contributed by atoms with van der Waals surface area (Å²) in [4.78, 5) is 27.5. The lowest BCUT2D eigenvalue weighted by Gasteiger charge is -2.36. The lowest BCUT2D eigenvalue weighted by Crippen LogP contribution is -2.52. The highest BCUT2D eigenvalue weighted by Crippen LogP contribution is 2.38. The van der Waals surface area contributed by atoms with Crippen LogP contribution in [0.1, 0.15) is 11.8 Å². The average Bonchev–Trinajstić information content (AvgIpc) is 3.58. The quantitative estimate of drug-likeness (QED) is 0.356. The van der Waals surface area contributed by atoms with Crippen LogP contribution >= 0.6 is 11.3 Å². The van der Waals surface area contributed by atoms with Crippen molar-refractivity contribution in [1.29, 1.82) is 5.26 Å². The molecule has 0 spiro atoms.